The minimum Gasteiger partial charge on any atom is -0.190 e. The van der Waals surface area contributed by atoms with Gasteiger partial charge in [0.2, 0.25) is 0 Å². The largest absolute Gasteiger partial charge is 0.458 e. The molecule has 25 heavy (non-hydrogen) atoms. The minimum atomic E-state index is -6.63. The fraction of sp³-hybridized carbons (Fsp3) is 0.385. The molecule has 0 unspecified atom stereocenters. The molecular formula is C13H7F11S. The lowest BCUT2D eigenvalue weighted by Gasteiger charge is -2.27. The van der Waals surface area contributed by atoms with Crippen molar-refractivity contribution in [1.82, 2.24) is 0 Å². The van der Waals surface area contributed by atoms with E-state index in [0.29, 0.717) is 0 Å². The van der Waals surface area contributed by atoms with E-state index in [0.717, 1.165) is 12.1 Å². The first-order valence-corrected chi connectivity index (χ1v) is 7.07. The zero-order chi connectivity index (χ0) is 19.7. The van der Waals surface area contributed by atoms with Crippen LogP contribution in [0.5, 0.6) is 0 Å². The van der Waals surface area contributed by atoms with Crippen molar-refractivity contribution in [2.75, 3.05) is 0 Å². The first kappa shape index (κ1) is 21.6. The van der Waals surface area contributed by atoms with Gasteiger partial charge in [-0.25, -0.2) is 0 Å². The number of alkyl halides is 11. The molecule has 0 N–H and O–H groups in total. The second-order valence-corrected chi connectivity index (χ2v) is 5.53. The number of halogens is 11. The molecule has 0 aliphatic heterocycles. The lowest BCUT2D eigenvalue weighted by Crippen LogP contribution is -2.41. The quantitative estimate of drug-likeness (QED) is 0.517. The average molecular weight is 404 g/mol. The highest BCUT2D eigenvalue weighted by atomic mass is 32.2. The first-order valence-electron chi connectivity index (χ1n) is 6.09. The highest BCUT2D eigenvalue weighted by molar-refractivity contribution is 8.02. The Labute approximate surface area is 137 Å². The number of allylic oxidation sites excluding steroid dienone is 2. The van der Waals surface area contributed by atoms with Crippen molar-refractivity contribution in [3.8, 4) is 0 Å². The van der Waals surface area contributed by atoms with E-state index in [1.165, 1.54) is 18.2 Å². The molecule has 0 heterocycles. The first-order chi connectivity index (χ1) is 11.1. The summed E-state index contributed by atoms with van der Waals surface area (Å²) in [7, 11) is 0. The molecule has 1 rings (SSSR count). The summed E-state index contributed by atoms with van der Waals surface area (Å²) in [5, 5.41) is 0. The van der Waals surface area contributed by atoms with Gasteiger partial charge in [-0.15, -0.1) is 11.8 Å². The molecule has 0 aromatic heterocycles. The topological polar surface area (TPSA) is 0 Å². The third-order valence-electron chi connectivity index (χ3n) is 2.66. The highest BCUT2D eigenvalue weighted by Gasteiger charge is 2.66. The number of rotatable bonds is 4. The second kappa shape index (κ2) is 7.04. The number of benzene rings is 1. The van der Waals surface area contributed by atoms with Crippen molar-refractivity contribution < 1.29 is 48.3 Å². The summed E-state index contributed by atoms with van der Waals surface area (Å²) in [6.45, 7) is 0. The van der Waals surface area contributed by atoms with Crippen molar-refractivity contribution >= 4 is 11.8 Å². The molecule has 0 saturated carbocycles. The molecule has 0 radical (unpaired) electrons. The maximum Gasteiger partial charge on any atom is 0.458 e. The zero-order valence-electron chi connectivity index (χ0n) is 11.7. The van der Waals surface area contributed by atoms with Crippen molar-refractivity contribution in [2.24, 2.45) is 0 Å². The smallest absolute Gasteiger partial charge is 0.190 e. The van der Waals surface area contributed by atoms with Gasteiger partial charge in [0.15, 0.2) is 5.57 Å². The van der Waals surface area contributed by atoms with Gasteiger partial charge in [-0.3, -0.25) is 0 Å². The molecule has 0 fully saturated rings. The number of thioether (sulfide) groups is 1. The van der Waals surface area contributed by atoms with E-state index < -0.39 is 52.4 Å². The van der Waals surface area contributed by atoms with Gasteiger partial charge < -0.3 is 0 Å². The molecule has 12 heteroatoms. The van der Waals surface area contributed by atoms with Crippen LogP contribution in [-0.2, 0) is 5.75 Å². The van der Waals surface area contributed by atoms with Crippen LogP contribution in [0, 0.1) is 0 Å². The van der Waals surface area contributed by atoms with Crippen LogP contribution < -0.4 is 0 Å². The standard InChI is InChI=1S/C13H7F11S/c14-10(15,13(22,23)24)9(8(11(16,17)18)12(19,20)21)25-6-7-4-2-1-3-5-7/h1-5H,6H2. The summed E-state index contributed by atoms with van der Waals surface area (Å²) in [5.41, 5.74) is -3.91. The molecule has 142 valence electrons. The molecular weight excluding hydrogens is 397 g/mol. The molecule has 0 bridgehead atoms. The highest BCUT2D eigenvalue weighted by Crippen LogP contribution is 2.53. The van der Waals surface area contributed by atoms with Crippen LogP contribution in [0.2, 0.25) is 0 Å². The molecule has 0 saturated heterocycles. The van der Waals surface area contributed by atoms with Crippen molar-refractivity contribution in [3.05, 3.63) is 46.4 Å². The van der Waals surface area contributed by atoms with Crippen LogP contribution in [0.1, 0.15) is 5.56 Å². The van der Waals surface area contributed by atoms with Gasteiger partial charge in [0.1, 0.15) is 0 Å². The Morgan fingerprint density at radius 3 is 1.52 bits per heavy atom. The SMILES string of the molecule is FC(F)(F)C(=C(SCc1ccccc1)C(F)(F)C(F)(F)F)C(F)(F)F. The number of hydrogen-bond donors (Lipinski definition) is 0. The van der Waals surface area contributed by atoms with Crippen LogP contribution in [-0.4, -0.2) is 24.5 Å². The Balaban J connectivity index is 3.53. The Bertz CT molecular complexity index is 592. The molecule has 0 atom stereocenters. The predicted molar refractivity (Wildman–Crippen MR) is 67.9 cm³/mol. The summed E-state index contributed by atoms with van der Waals surface area (Å²) in [4.78, 5) is -3.14. The van der Waals surface area contributed by atoms with Crippen LogP contribution >= 0.6 is 11.8 Å². The fourth-order valence-electron chi connectivity index (χ4n) is 1.60. The maximum atomic E-state index is 13.4. The van der Waals surface area contributed by atoms with E-state index in [4.69, 9.17) is 0 Å². The third-order valence-corrected chi connectivity index (χ3v) is 3.89. The summed E-state index contributed by atoms with van der Waals surface area (Å²) >= 11 is -0.860. The fourth-order valence-corrected chi connectivity index (χ4v) is 2.77. The Morgan fingerprint density at radius 2 is 1.16 bits per heavy atom. The normalized spacial score (nSPS) is 13.7. The van der Waals surface area contributed by atoms with Gasteiger partial charge >= 0.3 is 24.5 Å². The van der Waals surface area contributed by atoms with Crippen LogP contribution in [0.3, 0.4) is 0 Å². The monoisotopic (exact) mass is 404 g/mol. The second-order valence-electron chi connectivity index (χ2n) is 4.55. The van der Waals surface area contributed by atoms with E-state index in [2.05, 4.69) is 0 Å². The third kappa shape index (κ3) is 5.25. The molecule has 0 nitrogen and oxygen atoms in total. The lowest BCUT2D eigenvalue weighted by molar-refractivity contribution is -0.264. The zero-order valence-corrected chi connectivity index (χ0v) is 12.5. The Hall–Kier alpha value is -1.46. The van der Waals surface area contributed by atoms with Gasteiger partial charge in [-0.2, -0.15) is 48.3 Å². The molecule has 0 spiro atoms. The average Bonchev–Trinajstić information content (AvgIpc) is 2.40. The van der Waals surface area contributed by atoms with Crippen LogP contribution in [0.25, 0.3) is 0 Å². The molecule has 1 aromatic rings. The van der Waals surface area contributed by atoms with Crippen molar-refractivity contribution in [1.29, 1.82) is 0 Å². The summed E-state index contributed by atoms with van der Waals surface area (Å²) in [6, 6.07) is 6.28. The van der Waals surface area contributed by atoms with Gasteiger partial charge in [-0.1, -0.05) is 30.3 Å². The molecule has 0 aliphatic carbocycles. The Kier molecular flexibility index (Phi) is 6.08. The Morgan fingerprint density at radius 1 is 0.720 bits per heavy atom. The van der Waals surface area contributed by atoms with Gasteiger partial charge in [0, 0.05) is 5.75 Å². The maximum absolute atomic E-state index is 13.4. The van der Waals surface area contributed by atoms with Crippen LogP contribution in [0.4, 0.5) is 48.3 Å². The minimum absolute atomic E-state index is 0.0355. The van der Waals surface area contributed by atoms with E-state index in [1.54, 1.807) is 0 Å². The van der Waals surface area contributed by atoms with E-state index in [1.807, 2.05) is 0 Å². The predicted octanol–water partition coefficient (Wildman–Crippen LogP) is 6.50. The van der Waals surface area contributed by atoms with E-state index >= 15 is 0 Å². The van der Waals surface area contributed by atoms with Gasteiger partial charge in [0.25, 0.3) is 0 Å². The molecule has 0 amide bonds. The molecule has 0 aliphatic rings. The van der Waals surface area contributed by atoms with Crippen LogP contribution in [0.15, 0.2) is 40.8 Å². The van der Waals surface area contributed by atoms with E-state index in [9.17, 15) is 48.3 Å². The van der Waals surface area contributed by atoms with Crippen molar-refractivity contribution in [3.63, 3.8) is 0 Å². The van der Waals surface area contributed by atoms with Gasteiger partial charge in [0.05, 0.1) is 4.91 Å². The molecule has 1 aromatic carbocycles. The summed E-state index contributed by atoms with van der Waals surface area (Å²) in [5.74, 6) is -7.27. The van der Waals surface area contributed by atoms with Crippen molar-refractivity contribution in [2.45, 2.75) is 30.2 Å². The lowest BCUT2D eigenvalue weighted by atomic mass is 10.1. The van der Waals surface area contributed by atoms with Gasteiger partial charge in [-0.05, 0) is 5.56 Å². The summed E-state index contributed by atoms with van der Waals surface area (Å²) < 4.78 is 140. The van der Waals surface area contributed by atoms with E-state index in [-0.39, 0.29) is 5.56 Å². The number of hydrogen-bond acceptors (Lipinski definition) is 1. The summed E-state index contributed by atoms with van der Waals surface area (Å²) in [6.07, 6.45) is -19.5.